The Balaban J connectivity index is 1.83. The second-order valence-electron chi connectivity index (χ2n) is 4.82. The SMILES string of the molecule is NCC1(NC(=O)N2CCCCCC2)CC1. The lowest BCUT2D eigenvalue weighted by Crippen LogP contribution is -2.49. The van der Waals surface area contributed by atoms with E-state index in [9.17, 15) is 4.79 Å². The van der Waals surface area contributed by atoms with Crippen LogP contribution in [0, 0.1) is 0 Å². The molecule has 1 heterocycles. The number of carbonyl (C=O) groups is 1. The number of nitrogens with one attached hydrogen (secondary N) is 1. The van der Waals surface area contributed by atoms with Crippen molar-refractivity contribution in [3.63, 3.8) is 0 Å². The summed E-state index contributed by atoms with van der Waals surface area (Å²) in [7, 11) is 0. The highest BCUT2D eigenvalue weighted by atomic mass is 16.2. The van der Waals surface area contributed by atoms with Crippen LogP contribution in [0.5, 0.6) is 0 Å². The molecule has 2 rings (SSSR count). The molecule has 1 aliphatic carbocycles. The predicted molar refractivity (Wildman–Crippen MR) is 59.6 cm³/mol. The van der Waals surface area contributed by atoms with Crippen LogP contribution < -0.4 is 11.1 Å². The van der Waals surface area contributed by atoms with Gasteiger partial charge >= 0.3 is 6.03 Å². The topological polar surface area (TPSA) is 58.4 Å². The largest absolute Gasteiger partial charge is 0.331 e. The molecule has 1 saturated heterocycles. The molecule has 2 fully saturated rings. The molecule has 0 aromatic rings. The standard InChI is InChI=1S/C11H21N3O/c12-9-11(5-6-11)13-10(15)14-7-3-1-2-4-8-14/h1-9,12H2,(H,13,15). The van der Waals surface area contributed by atoms with Gasteiger partial charge in [-0.1, -0.05) is 12.8 Å². The highest BCUT2D eigenvalue weighted by Gasteiger charge is 2.43. The van der Waals surface area contributed by atoms with Crippen molar-refractivity contribution < 1.29 is 4.79 Å². The summed E-state index contributed by atoms with van der Waals surface area (Å²) in [5.74, 6) is 0. The second-order valence-corrected chi connectivity index (χ2v) is 4.82. The van der Waals surface area contributed by atoms with Gasteiger partial charge in [0.2, 0.25) is 0 Å². The molecule has 3 N–H and O–H groups in total. The summed E-state index contributed by atoms with van der Waals surface area (Å²) in [6.45, 7) is 2.39. The molecule has 0 bridgehead atoms. The summed E-state index contributed by atoms with van der Waals surface area (Å²) in [6, 6.07) is 0.0971. The number of amides is 2. The minimum absolute atomic E-state index is 0.0522. The molecule has 15 heavy (non-hydrogen) atoms. The third-order valence-corrected chi connectivity index (χ3v) is 3.51. The van der Waals surface area contributed by atoms with Crippen LogP contribution in [0.4, 0.5) is 4.79 Å². The zero-order chi connectivity index (χ0) is 10.7. The highest BCUT2D eigenvalue weighted by Crippen LogP contribution is 2.34. The van der Waals surface area contributed by atoms with E-state index in [4.69, 9.17) is 5.73 Å². The Kier molecular flexibility index (Phi) is 3.14. The summed E-state index contributed by atoms with van der Waals surface area (Å²) in [5, 5.41) is 3.08. The molecule has 2 amide bonds. The quantitative estimate of drug-likeness (QED) is 0.717. The van der Waals surface area contributed by atoms with Gasteiger partial charge < -0.3 is 16.0 Å². The Morgan fingerprint density at radius 2 is 1.80 bits per heavy atom. The van der Waals surface area contributed by atoms with Crippen LogP contribution in [0.15, 0.2) is 0 Å². The maximum atomic E-state index is 11.9. The molecule has 4 heteroatoms. The van der Waals surface area contributed by atoms with Gasteiger partial charge in [0.15, 0.2) is 0 Å². The van der Waals surface area contributed by atoms with E-state index >= 15 is 0 Å². The lowest BCUT2D eigenvalue weighted by atomic mass is 10.2. The van der Waals surface area contributed by atoms with E-state index in [0.717, 1.165) is 38.8 Å². The molecule has 0 radical (unpaired) electrons. The van der Waals surface area contributed by atoms with Crippen LogP contribution in [0.3, 0.4) is 0 Å². The van der Waals surface area contributed by atoms with E-state index in [1.54, 1.807) is 0 Å². The van der Waals surface area contributed by atoms with Crippen LogP contribution in [0.1, 0.15) is 38.5 Å². The summed E-state index contributed by atoms with van der Waals surface area (Å²) >= 11 is 0. The normalized spacial score (nSPS) is 24.5. The van der Waals surface area contributed by atoms with E-state index in [0.29, 0.717) is 6.54 Å². The van der Waals surface area contributed by atoms with Crippen LogP contribution in [0.25, 0.3) is 0 Å². The number of likely N-dealkylation sites (tertiary alicyclic amines) is 1. The Hall–Kier alpha value is -0.770. The van der Waals surface area contributed by atoms with Gasteiger partial charge in [0.05, 0.1) is 5.54 Å². The Morgan fingerprint density at radius 3 is 2.27 bits per heavy atom. The molecule has 86 valence electrons. The Morgan fingerprint density at radius 1 is 1.20 bits per heavy atom. The highest BCUT2D eigenvalue weighted by molar-refractivity contribution is 5.75. The number of urea groups is 1. The van der Waals surface area contributed by atoms with Gasteiger partial charge in [-0.05, 0) is 25.7 Å². The predicted octanol–water partition coefficient (Wildman–Crippen LogP) is 1.06. The van der Waals surface area contributed by atoms with Gasteiger partial charge in [0, 0.05) is 19.6 Å². The van der Waals surface area contributed by atoms with Crippen LogP contribution >= 0.6 is 0 Å². The number of hydrogen-bond acceptors (Lipinski definition) is 2. The molecule has 0 unspecified atom stereocenters. The maximum absolute atomic E-state index is 11.9. The number of hydrogen-bond donors (Lipinski definition) is 2. The second kappa shape index (κ2) is 4.39. The Bertz CT molecular complexity index is 230. The first-order valence-corrected chi connectivity index (χ1v) is 6.03. The smallest absolute Gasteiger partial charge is 0.317 e. The first-order chi connectivity index (χ1) is 7.26. The zero-order valence-corrected chi connectivity index (χ0v) is 9.30. The van der Waals surface area contributed by atoms with Gasteiger partial charge in [-0.15, -0.1) is 0 Å². The van der Waals surface area contributed by atoms with Crippen LogP contribution in [-0.2, 0) is 0 Å². The number of nitrogens with two attached hydrogens (primary N) is 1. The van der Waals surface area contributed by atoms with Crippen molar-refractivity contribution in [3.05, 3.63) is 0 Å². The molecule has 0 aromatic carbocycles. The third-order valence-electron chi connectivity index (χ3n) is 3.51. The van der Waals surface area contributed by atoms with Gasteiger partial charge in [-0.25, -0.2) is 4.79 Å². The fourth-order valence-electron chi connectivity index (χ4n) is 2.11. The molecule has 1 aliphatic heterocycles. The lowest BCUT2D eigenvalue weighted by Gasteiger charge is -2.24. The van der Waals surface area contributed by atoms with Crippen molar-refractivity contribution in [2.24, 2.45) is 5.73 Å². The van der Waals surface area contributed by atoms with Gasteiger partial charge in [-0.2, -0.15) is 0 Å². The first kappa shape index (κ1) is 10.7. The summed E-state index contributed by atoms with van der Waals surface area (Å²) in [4.78, 5) is 13.9. The van der Waals surface area contributed by atoms with E-state index in [1.807, 2.05) is 4.90 Å². The average Bonchev–Trinajstić information content (AvgIpc) is 3.00. The van der Waals surface area contributed by atoms with Crippen molar-refractivity contribution in [3.8, 4) is 0 Å². The fourth-order valence-corrected chi connectivity index (χ4v) is 2.11. The summed E-state index contributed by atoms with van der Waals surface area (Å²) in [5.41, 5.74) is 5.59. The molecule has 2 aliphatic rings. The van der Waals surface area contributed by atoms with Gasteiger partial charge in [-0.3, -0.25) is 0 Å². The molecule has 1 saturated carbocycles. The van der Waals surface area contributed by atoms with E-state index in [1.165, 1.54) is 12.8 Å². The Labute approximate surface area is 91.2 Å². The molecule has 0 atom stereocenters. The molecule has 0 spiro atoms. The molecular weight excluding hydrogens is 190 g/mol. The molecular formula is C11H21N3O. The van der Waals surface area contributed by atoms with Crippen molar-refractivity contribution in [1.82, 2.24) is 10.2 Å². The average molecular weight is 211 g/mol. The minimum Gasteiger partial charge on any atom is -0.331 e. The van der Waals surface area contributed by atoms with Crippen LogP contribution in [-0.4, -0.2) is 36.1 Å². The van der Waals surface area contributed by atoms with Crippen molar-refractivity contribution >= 4 is 6.03 Å². The van der Waals surface area contributed by atoms with Crippen molar-refractivity contribution in [1.29, 1.82) is 0 Å². The van der Waals surface area contributed by atoms with Crippen LogP contribution in [0.2, 0.25) is 0 Å². The minimum atomic E-state index is -0.0522. The fraction of sp³-hybridized carbons (Fsp3) is 0.909. The number of nitrogens with zero attached hydrogens (tertiary/aromatic N) is 1. The molecule has 4 nitrogen and oxygen atoms in total. The van der Waals surface area contributed by atoms with Gasteiger partial charge in [0.1, 0.15) is 0 Å². The maximum Gasteiger partial charge on any atom is 0.317 e. The molecule has 0 aromatic heterocycles. The van der Waals surface area contributed by atoms with Gasteiger partial charge in [0.25, 0.3) is 0 Å². The number of rotatable bonds is 2. The number of carbonyl (C=O) groups excluding carboxylic acids is 1. The first-order valence-electron chi connectivity index (χ1n) is 6.03. The monoisotopic (exact) mass is 211 g/mol. The lowest BCUT2D eigenvalue weighted by molar-refractivity contribution is 0.194. The van der Waals surface area contributed by atoms with E-state index < -0.39 is 0 Å². The summed E-state index contributed by atoms with van der Waals surface area (Å²) < 4.78 is 0. The van der Waals surface area contributed by atoms with E-state index in [2.05, 4.69) is 5.32 Å². The van der Waals surface area contributed by atoms with Crippen molar-refractivity contribution in [2.45, 2.75) is 44.1 Å². The summed E-state index contributed by atoms with van der Waals surface area (Å²) in [6.07, 6.45) is 6.88. The third kappa shape index (κ3) is 2.62. The van der Waals surface area contributed by atoms with Crippen molar-refractivity contribution in [2.75, 3.05) is 19.6 Å². The zero-order valence-electron chi connectivity index (χ0n) is 9.30. The van der Waals surface area contributed by atoms with E-state index in [-0.39, 0.29) is 11.6 Å².